The van der Waals surface area contributed by atoms with Crippen molar-refractivity contribution in [1.82, 2.24) is 14.5 Å². The van der Waals surface area contributed by atoms with Gasteiger partial charge < -0.3 is 15.4 Å². The lowest BCUT2D eigenvalue weighted by atomic mass is 9.94. The Labute approximate surface area is 192 Å². The Kier molecular flexibility index (Phi) is 5.85. The van der Waals surface area contributed by atoms with Gasteiger partial charge in [0.25, 0.3) is 5.56 Å². The monoisotopic (exact) mass is 449 g/mol. The highest BCUT2D eigenvalue weighted by Gasteiger charge is 2.27. The first-order valence-corrected chi connectivity index (χ1v) is 11.4. The average Bonchev–Trinajstić information content (AvgIpc) is 3.36. The molecule has 2 N–H and O–H groups in total. The van der Waals surface area contributed by atoms with Crippen molar-refractivity contribution in [2.45, 2.75) is 37.7 Å². The Bertz CT molecular complexity index is 1220. The van der Waals surface area contributed by atoms with E-state index in [2.05, 4.69) is 28.2 Å². The molecule has 3 aromatic rings. The zero-order valence-electron chi connectivity index (χ0n) is 18.7. The molecule has 1 aliphatic carbocycles. The van der Waals surface area contributed by atoms with Crippen LogP contribution in [0, 0.1) is 5.82 Å². The van der Waals surface area contributed by atoms with Crippen LogP contribution in [0.1, 0.15) is 48.8 Å². The van der Waals surface area contributed by atoms with E-state index in [0.717, 1.165) is 17.4 Å². The molecular weight excluding hydrogens is 421 g/mol. The van der Waals surface area contributed by atoms with Crippen molar-refractivity contribution in [2.75, 3.05) is 30.3 Å². The average molecular weight is 450 g/mol. The Morgan fingerprint density at radius 2 is 2.00 bits per heavy atom. The van der Waals surface area contributed by atoms with Gasteiger partial charge >= 0.3 is 0 Å². The molecule has 8 heteroatoms. The van der Waals surface area contributed by atoms with Gasteiger partial charge in [-0.3, -0.25) is 14.3 Å². The number of nitrogen functional groups attached to an aromatic ring is 1. The third-order valence-electron chi connectivity index (χ3n) is 6.79. The molecule has 5 rings (SSSR count). The van der Waals surface area contributed by atoms with Crippen molar-refractivity contribution in [3.05, 3.63) is 70.0 Å². The Hall–Kier alpha value is -3.26. The van der Waals surface area contributed by atoms with Crippen LogP contribution < -0.4 is 16.2 Å². The van der Waals surface area contributed by atoms with Crippen LogP contribution in [0.2, 0.25) is 0 Å². The van der Waals surface area contributed by atoms with Gasteiger partial charge in [0.2, 0.25) is 5.95 Å². The molecule has 0 radical (unpaired) electrons. The van der Waals surface area contributed by atoms with Crippen molar-refractivity contribution in [2.24, 2.45) is 7.05 Å². The van der Waals surface area contributed by atoms with E-state index in [0.29, 0.717) is 31.6 Å². The van der Waals surface area contributed by atoms with Crippen LogP contribution in [0.15, 0.2) is 47.5 Å². The fraction of sp³-hybridized carbons (Fsp3) is 0.400. The summed E-state index contributed by atoms with van der Waals surface area (Å²) in [6, 6.07) is 9.21. The second-order valence-corrected chi connectivity index (χ2v) is 8.87. The SMILES string of the molecule is Cn1c(N2CCO[C@@H](c3ccc(C4CCCC4)cc3N)C2)nc(-c2ccncc2F)cc1=O. The van der Waals surface area contributed by atoms with Gasteiger partial charge in [-0.15, -0.1) is 0 Å². The minimum absolute atomic E-state index is 0.241. The summed E-state index contributed by atoms with van der Waals surface area (Å²) >= 11 is 0. The van der Waals surface area contributed by atoms with Crippen molar-refractivity contribution < 1.29 is 9.13 Å². The predicted molar refractivity (Wildman–Crippen MR) is 126 cm³/mol. The molecule has 0 unspecified atom stereocenters. The molecule has 1 atom stereocenters. The zero-order chi connectivity index (χ0) is 22.9. The number of anilines is 2. The van der Waals surface area contributed by atoms with Crippen LogP contribution in [0.25, 0.3) is 11.3 Å². The molecule has 33 heavy (non-hydrogen) atoms. The van der Waals surface area contributed by atoms with Crippen LogP contribution in [0.3, 0.4) is 0 Å². The van der Waals surface area contributed by atoms with Crippen molar-refractivity contribution in [3.8, 4) is 11.3 Å². The van der Waals surface area contributed by atoms with E-state index in [1.165, 1.54) is 54.1 Å². The van der Waals surface area contributed by atoms with Gasteiger partial charge in [0, 0.05) is 42.7 Å². The number of rotatable bonds is 4. The number of nitrogens with zero attached hydrogens (tertiary/aromatic N) is 4. The van der Waals surface area contributed by atoms with Crippen LogP contribution in [-0.4, -0.2) is 34.2 Å². The predicted octanol–water partition coefficient (Wildman–Crippen LogP) is 3.80. The van der Waals surface area contributed by atoms with E-state index in [1.807, 2.05) is 4.90 Å². The van der Waals surface area contributed by atoms with E-state index < -0.39 is 5.82 Å². The molecule has 3 heterocycles. The fourth-order valence-electron chi connectivity index (χ4n) is 4.95. The van der Waals surface area contributed by atoms with Gasteiger partial charge in [-0.2, -0.15) is 0 Å². The first kappa shape index (κ1) is 21.6. The number of benzene rings is 1. The lowest BCUT2D eigenvalue weighted by molar-refractivity contribution is 0.0394. The summed E-state index contributed by atoms with van der Waals surface area (Å²) in [5.41, 5.74) is 9.73. The van der Waals surface area contributed by atoms with Gasteiger partial charge in [-0.05, 0) is 36.5 Å². The summed E-state index contributed by atoms with van der Waals surface area (Å²) in [6.07, 6.45) is 7.37. The molecule has 2 aliphatic rings. The standard InChI is InChI=1S/C25H28FN5O2/c1-30-24(32)13-22(18-8-9-28-14-20(18)26)29-25(30)31-10-11-33-23(15-31)19-7-6-17(12-21(19)27)16-4-2-3-5-16/h6-9,12-14,16,23H,2-5,10-11,15,27H2,1H3/t23-/m1/s1. The van der Waals surface area contributed by atoms with Gasteiger partial charge in [0.1, 0.15) is 6.10 Å². The Morgan fingerprint density at radius 1 is 1.18 bits per heavy atom. The Balaban J connectivity index is 1.43. The first-order chi connectivity index (χ1) is 16.0. The highest BCUT2D eigenvalue weighted by Crippen LogP contribution is 2.37. The number of hydrogen-bond donors (Lipinski definition) is 1. The molecule has 7 nitrogen and oxygen atoms in total. The molecule has 1 saturated carbocycles. The molecule has 1 aliphatic heterocycles. The van der Waals surface area contributed by atoms with Crippen molar-refractivity contribution >= 4 is 11.6 Å². The highest BCUT2D eigenvalue weighted by molar-refractivity contribution is 5.60. The van der Waals surface area contributed by atoms with Gasteiger partial charge in [0.05, 0.1) is 25.0 Å². The number of halogens is 1. The molecule has 0 bridgehead atoms. The van der Waals surface area contributed by atoms with Crippen LogP contribution in [-0.2, 0) is 11.8 Å². The molecule has 0 amide bonds. The molecule has 1 aromatic carbocycles. The second kappa shape index (κ2) is 8.94. The summed E-state index contributed by atoms with van der Waals surface area (Å²) in [5, 5.41) is 0. The zero-order valence-corrected chi connectivity index (χ0v) is 18.7. The molecule has 2 aromatic heterocycles. The minimum Gasteiger partial charge on any atom is -0.398 e. The van der Waals surface area contributed by atoms with Crippen LogP contribution in [0.5, 0.6) is 0 Å². The summed E-state index contributed by atoms with van der Waals surface area (Å²) in [5.74, 6) is 0.558. The van der Waals surface area contributed by atoms with Crippen molar-refractivity contribution in [3.63, 3.8) is 0 Å². The molecule has 2 fully saturated rings. The first-order valence-electron chi connectivity index (χ1n) is 11.4. The summed E-state index contributed by atoms with van der Waals surface area (Å²) < 4.78 is 21.8. The molecule has 0 spiro atoms. The number of aromatic nitrogens is 3. The number of ether oxygens (including phenoxy) is 1. The fourth-order valence-corrected chi connectivity index (χ4v) is 4.95. The summed E-state index contributed by atoms with van der Waals surface area (Å²) in [6.45, 7) is 1.53. The summed E-state index contributed by atoms with van der Waals surface area (Å²) in [7, 11) is 1.67. The molecular formula is C25H28FN5O2. The van der Waals surface area contributed by atoms with E-state index in [1.54, 1.807) is 7.05 Å². The number of hydrogen-bond acceptors (Lipinski definition) is 6. The Morgan fingerprint density at radius 3 is 2.76 bits per heavy atom. The van der Waals surface area contributed by atoms with Gasteiger partial charge in [-0.1, -0.05) is 25.0 Å². The largest absolute Gasteiger partial charge is 0.398 e. The van der Waals surface area contributed by atoms with Crippen LogP contribution >= 0.6 is 0 Å². The maximum atomic E-state index is 14.3. The van der Waals surface area contributed by atoms with E-state index in [9.17, 15) is 9.18 Å². The third-order valence-corrected chi connectivity index (χ3v) is 6.79. The third kappa shape index (κ3) is 4.23. The van der Waals surface area contributed by atoms with Crippen molar-refractivity contribution in [1.29, 1.82) is 0 Å². The van der Waals surface area contributed by atoms with Crippen LogP contribution in [0.4, 0.5) is 16.0 Å². The van der Waals surface area contributed by atoms with Gasteiger partial charge in [0.15, 0.2) is 5.82 Å². The second-order valence-electron chi connectivity index (χ2n) is 8.87. The van der Waals surface area contributed by atoms with E-state index >= 15 is 0 Å². The maximum absolute atomic E-state index is 14.3. The number of morpholine rings is 1. The number of pyridine rings is 1. The molecule has 172 valence electrons. The lowest BCUT2D eigenvalue weighted by Crippen LogP contribution is -2.42. The quantitative estimate of drug-likeness (QED) is 0.610. The summed E-state index contributed by atoms with van der Waals surface area (Å²) in [4.78, 5) is 23.1. The van der Waals surface area contributed by atoms with E-state index in [-0.39, 0.29) is 22.9 Å². The smallest absolute Gasteiger partial charge is 0.255 e. The van der Waals surface area contributed by atoms with E-state index in [4.69, 9.17) is 10.5 Å². The molecule has 1 saturated heterocycles. The lowest BCUT2D eigenvalue weighted by Gasteiger charge is -2.35. The normalized spacial score (nSPS) is 19.2. The maximum Gasteiger partial charge on any atom is 0.255 e. The topological polar surface area (TPSA) is 86.3 Å². The minimum atomic E-state index is -0.515. The van der Waals surface area contributed by atoms with Gasteiger partial charge in [-0.25, -0.2) is 9.37 Å². The highest BCUT2D eigenvalue weighted by atomic mass is 19.1. The number of nitrogens with two attached hydrogens (primary N) is 1.